The molecule has 1 aliphatic heterocycles. The fourth-order valence-corrected chi connectivity index (χ4v) is 2.49. The quantitative estimate of drug-likeness (QED) is 0.745. The summed E-state index contributed by atoms with van der Waals surface area (Å²) in [6.45, 7) is 2.06. The minimum atomic E-state index is -0.343. The molecule has 0 aliphatic carbocycles. The summed E-state index contributed by atoms with van der Waals surface area (Å²) in [6, 6.07) is 13.7. The van der Waals surface area contributed by atoms with E-state index in [0.717, 1.165) is 11.4 Å². The van der Waals surface area contributed by atoms with Crippen molar-refractivity contribution in [3.05, 3.63) is 60.0 Å². The predicted octanol–water partition coefficient (Wildman–Crippen LogP) is 4.14. The van der Waals surface area contributed by atoms with Crippen LogP contribution in [0.15, 0.2) is 48.5 Å². The highest BCUT2D eigenvalue weighted by atomic mass is 19.1. The van der Waals surface area contributed by atoms with Gasteiger partial charge < -0.3 is 20.1 Å². The number of ether oxygens (including phenoxy) is 2. The Morgan fingerprint density at radius 1 is 0.960 bits per heavy atom. The summed E-state index contributed by atoms with van der Waals surface area (Å²) in [6.07, 6.45) is 0. The van der Waals surface area contributed by atoms with Crippen molar-refractivity contribution in [1.29, 1.82) is 0 Å². The van der Waals surface area contributed by atoms with Crippen LogP contribution in [0.25, 0.3) is 0 Å². The normalized spacial score (nSPS) is 12.1. The van der Waals surface area contributed by atoms with Crippen LogP contribution >= 0.6 is 0 Å². The van der Waals surface area contributed by atoms with E-state index >= 15 is 0 Å². The van der Waals surface area contributed by atoms with Gasteiger partial charge in [-0.05, 0) is 31.2 Å². The number of benzene rings is 2. The lowest BCUT2D eigenvalue weighted by Crippen LogP contribution is -2.03. The van der Waals surface area contributed by atoms with Gasteiger partial charge >= 0.3 is 0 Å². The molecule has 4 rings (SSSR count). The highest BCUT2D eigenvalue weighted by Crippen LogP contribution is 2.34. The second-order valence-corrected chi connectivity index (χ2v) is 5.52. The Kier molecular flexibility index (Phi) is 3.81. The molecule has 0 fully saturated rings. The molecular weight excluding hydrogens is 323 g/mol. The molecular formula is C18H15FN4O2. The van der Waals surface area contributed by atoms with Gasteiger partial charge in [0, 0.05) is 23.5 Å². The van der Waals surface area contributed by atoms with Gasteiger partial charge in [-0.15, -0.1) is 0 Å². The first-order valence-electron chi connectivity index (χ1n) is 7.71. The Hall–Kier alpha value is -3.35. The highest BCUT2D eigenvalue weighted by molar-refractivity contribution is 5.63. The SMILES string of the molecule is Cc1cc(Nc2ccccc2F)nc(Nc2ccc3c(c2)OCO3)n1. The van der Waals surface area contributed by atoms with E-state index in [2.05, 4.69) is 20.6 Å². The molecule has 25 heavy (non-hydrogen) atoms. The van der Waals surface area contributed by atoms with Crippen LogP contribution in [-0.4, -0.2) is 16.8 Å². The van der Waals surface area contributed by atoms with Crippen LogP contribution in [0, 0.1) is 12.7 Å². The van der Waals surface area contributed by atoms with E-state index in [1.54, 1.807) is 24.3 Å². The van der Waals surface area contributed by atoms with Gasteiger partial charge in [-0.2, -0.15) is 4.98 Å². The molecule has 126 valence electrons. The molecule has 0 spiro atoms. The number of hydrogen-bond acceptors (Lipinski definition) is 6. The molecule has 1 aliphatic rings. The minimum Gasteiger partial charge on any atom is -0.454 e. The minimum absolute atomic E-state index is 0.219. The first-order valence-corrected chi connectivity index (χ1v) is 7.71. The summed E-state index contributed by atoms with van der Waals surface area (Å²) in [5.74, 6) is 1.93. The molecule has 0 amide bonds. The van der Waals surface area contributed by atoms with E-state index in [4.69, 9.17) is 9.47 Å². The first kappa shape index (κ1) is 15.2. The number of aromatic nitrogens is 2. The van der Waals surface area contributed by atoms with E-state index in [0.29, 0.717) is 29.0 Å². The standard InChI is InChI=1S/C18H15FN4O2/c1-11-8-17(22-14-5-3-2-4-13(14)19)23-18(20-11)21-12-6-7-15-16(9-12)25-10-24-15/h2-9H,10H2,1H3,(H2,20,21,22,23). The predicted molar refractivity (Wildman–Crippen MR) is 92.3 cm³/mol. The van der Waals surface area contributed by atoms with Gasteiger partial charge in [-0.25, -0.2) is 9.37 Å². The number of fused-ring (bicyclic) bond motifs is 1. The van der Waals surface area contributed by atoms with E-state index < -0.39 is 0 Å². The van der Waals surface area contributed by atoms with Crippen LogP contribution in [0.4, 0.5) is 27.5 Å². The van der Waals surface area contributed by atoms with Crippen LogP contribution in [0.1, 0.15) is 5.69 Å². The van der Waals surface area contributed by atoms with Crippen molar-refractivity contribution in [2.24, 2.45) is 0 Å². The first-order chi connectivity index (χ1) is 12.2. The summed E-state index contributed by atoms with van der Waals surface area (Å²) in [7, 11) is 0. The summed E-state index contributed by atoms with van der Waals surface area (Å²) in [5.41, 5.74) is 1.87. The lowest BCUT2D eigenvalue weighted by molar-refractivity contribution is 0.174. The zero-order valence-corrected chi connectivity index (χ0v) is 13.4. The molecule has 3 aromatic rings. The Balaban J connectivity index is 1.58. The number of halogens is 1. The van der Waals surface area contributed by atoms with Crippen LogP contribution < -0.4 is 20.1 Å². The average Bonchev–Trinajstić information content (AvgIpc) is 3.04. The maximum atomic E-state index is 13.8. The Labute approximate surface area is 143 Å². The molecule has 0 radical (unpaired) electrons. The topological polar surface area (TPSA) is 68.3 Å². The molecule has 2 aromatic carbocycles. The third kappa shape index (κ3) is 3.30. The molecule has 7 heteroatoms. The second kappa shape index (κ2) is 6.27. The van der Waals surface area contributed by atoms with Crippen molar-refractivity contribution in [3.63, 3.8) is 0 Å². The van der Waals surface area contributed by atoms with Gasteiger partial charge in [0.05, 0.1) is 5.69 Å². The lowest BCUT2D eigenvalue weighted by atomic mass is 10.3. The number of hydrogen-bond donors (Lipinski definition) is 2. The van der Waals surface area contributed by atoms with Crippen molar-refractivity contribution in [2.45, 2.75) is 6.92 Å². The number of anilines is 4. The second-order valence-electron chi connectivity index (χ2n) is 5.52. The van der Waals surface area contributed by atoms with Crippen molar-refractivity contribution >= 4 is 23.1 Å². The van der Waals surface area contributed by atoms with Crippen LogP contribution in [0.3, 0.4) is 0 Å². The zero-order chi connectivity index (χ0) is 17.2. The van der Waals surface area contributed by atoms with Crippen molar-refractivity contribution in [1.82, 2.24) is 9.97 Å². The maximum absolute atomic E-state index is 13.8. The third-order valence-electron chi connectivity index (χ3n) is 3.62. The molecule has 0 bridgehead atoms. The third-order valence-corrected chi connectivity index (χ3v) is 3.62. The molecule has 2 heterocycles. The lowest BCUT2D eigenvalue weighted by Gasteiger charge is -2.11. The summed E-state index contributed by atoms with van der Waals surface area (Å²) < 4.78 is 24.5. The van der Waals surface area contributed by atoms with Gasteiger partial charge in [0.2, 0.25) is 12.7 Å². The number of nitrogens with zero attached hydrogens (tertiary/aromatic N) is 2. The molecule has 0 saturated carbocycles. The maximum Gasteiger partial charge on any atom is 0.231 e. The highest BCUT2D eigenvalue weighted by Gasteiger charge is 2.14. The summed E-state index contributed by atoms with van der Waals surface area (Å²) in [4.78, 5) is 8.75. The van der Waals surface area contributed by atoms with Crippen molar-refractivity contribution in [2.75, 3.05) is 17.4 Å². The number of para-hydroxylation sites is 1. The Morgan fingerprint density at radius 2 is 1.80 bits per heavy atom. The summed E-state index contributed by atoms with van der Waals surface area (Å²) >= 11 is 0. The Bertz CT molecular complexity index is 933. The van der Waals surface area contributed by atoms with Gasteiger partial charge in [0.1, 0.15) is 11.6 Å². The smallest absolute Gasteiger partial charge is 0.231 e. The number of rotatable bonds is 4. The van der Waals surface area contributed by atoms with Gasteiger partial charge in [-0.3, -0.25) is 0 Å². The number of nitrogens with one attached hydrogen (secondary N) is 2. The largest absolute Gasteiger partial charge is 0.454 e. The van der Waals surface area contributed by atoms with Crippen molar-refractivity contribution in [3.8, 4) is 11.5 Å². The fourth-order valence-electron chi connectivity index (χ4n) is 2.49. The van der Waals surface area contributed by atoms with Crippen LogP contribution in [-0.2, 0) is 0 Å². The van der Waals surface area contributed by atoms with Crippen LogP contribution in [0.5, 0.6) is 11.5 Å². The van der Waals surface area contributed by atoms with Gasteiger partial charge in [0.15, 0.2) is 11.5 Å². The van der Waals surface area contributed by atoms with Crippen LogP contribution in [0.2, 0.25) is 0 Å². The fraction of sp³-hybridized carbons (Fsp3) is 0.111. The van der Waals surface area contributed by atoms with Crippen molar-refractivity contribution < 1.29 is 13.9 Å². The molecule has 0 saturated heterocycles. The Morgan fingerprint density at radius 3 is 2.68 bits per heavy atom. The molecule has 6 nitrogen and oxygen atoms in total. The van der Waals surface area contributed by atoms with E-state index in [9.17, 15) is 4.39 Å². The average molecular weight is 338 g/mol. The summed E-state index contributed by atoms with van der Waals surface area (Å²) in [5, 5.41) is 6.09. The monoisotopic (exact) mass is 338 g/mol. The number of aryl methyl sites for hydroxylation is 1. The van der Waals surface area contributed by atoms with E-state index in [1.165, 1.54) is 6.07 Å². The molecule has 0 unspecified atom stereocenters. The van der Waals surface area contributed by atoms with Gasteiger partial charge in [-0.1, -0.05) is 12.1 Å². The van der Waals surface area contributed by atoms with Gasteiger partial charge in [0.25, 0.3) is 0 Å². The molecule has 1 aromatic heterocycles. The molecule has 2 N–H and O–H groups in total. The van der Waals surface area contributed by atoms with E-state index in [1.807, 2.05) is 25.1 Å². The molecule has 0 atom stereocenters. The van der Waals surface area contributed by atoms with E-state index in [-0.39, 0.29) is 12.6 Å². The zero-order valence-electron chi connectivity index (χ0n) is 13.4.